The highest BCUT2D eigenvalue weighted by Crippen LogP contribution is 2.26. The predicted molar refractivity (Wildman–Crippen MR) is 98.0 cm³/mol. The Bertz CT molecular complexity index is 1280. The van der Waals surface area contributed by atoms with Crippen molar-refractivity contribution in [3.63, 3.8) is 0 Å². The van der Waals surface area contributed by atoms with E-state index in [0.717, 1.165) is 0 Å². The zero-order valence-electron chi connectivity index (χ0n) is 14.7. The number of aliphatic hydroxyl groups excluding tert-OH is 1. The third-order valence-electron chi connectivity index (χ3n) is 4.26. The number of nitrogens with zero attached hydrogens (tertiary/aromatic N) is 1. The van der Waals surface area contributed by atoms with Crippen LogP contribution in [0.3, 0.4) is 0 Å². The normalized spacial score (nSPS) is 13.2. The van der Waals surface area contributed by atoms with Crippen molar-refractivity contribution in [2.45, 2.75) is 11.0 Å². The number of sulfonamides is 1. The highest BCUT2D eigenvalue weighted by atomic mass is 32.2. The number of hydrogen-bond acceptors (Lipinski definition) is 7. The maximum atomic E-state index is 12.5. The van der Waals surface area contributed by atoms with E-state index in [0.29, 0.717) is 17.0 Å². The summed E-state index contributed by atoms with van der Waals surface area (Å²) in [5.41, 5.74) is 0.634. The number of fused-ring (bicyclic) bond motifs is 1. The van der Waals surface area contributed by atoms with Crippen LogP contribution in [-0.4, -0.2) is 24.6 Å². The summed E-state index contributed by atoms with van der Waals surface area (Å²) in [4.78, 5) is 11.5. The Labute approximate surface area is 158 Å². The van der Waals surface area contributed by atoms with Crippen LogP contribution < -0.4 is 10.5 Å². The first kappa shape index (κ1) is 18.3. The summed E-state index contributed by atoms with van der Waals surface area (Å²) in [6, 6.07) is 10.6. The van der Waals surface area contributed by atoms with Gasteiger partial charge >= 0.3 is 5.76 Å². The molecule has 10 heteroatoms. The van der Waals surface area contributed by atoms with E-state index >= 15 is 0 Å². The lowest BCUT2D eigenvalue weighted by molar-refractivity contribution is 0.154. The summed E-state index contributed by atoms with van der Waals surface area (Å²) in [6.07, 6.45) is 0.301. The summed E-state index contributed by atoms with van der Waals surface area (Å²) >= 11 is 0. The van der Waals surface area contributed by atoms with Gasteiger partial charge in [0.1, 0.15) is 11.9 Å². The Hall–Kier alpha value is -3.08. The van der Waals surface area contributed by atoms with Crippen LogP contribution in [0.4, 0.5) is 0 Å². The molecule has 0 bridgehead atoms. The largest absolute Gasteiger partial charge is 0.461 e. The standard InChI is InChI=1S/C18H16N2O7S/c1-20-12-9-11(4-5-14(12)27-18(20)22)28(23,24)19-10-13(21)15-6-7-17(26-15)16-3-2-8-25-16/h2-9,13,19,21H,10H2,1H3. The van der Waals surface area contributed by atoms with Gasteiger partial charge in [0.2, 0.25) is 10.0 Å². The Morgan fingerprint density at radius 2 is 1.96 bits per heavy atom. The van der Waals surface area contributed by atoms with Crippen molar-refractivity contribution >= 4 is 21.1 Å². The predicted octanol–water partition coefficient (Wildman–Crippen LogP) is 2.00. The van der Waals surface area contributed by atoms with Crippen molar-refractivity contribution in [3.05, 3.63) is 65.0 Å². The molecule has 1 atom stereocenters. The van der Waals surface area contributed by atoms with Gasteiger partial charge < -0.3 is 18.4 Å². The van der Waals surface area contributed by atoms with Crippen molar-refractivity contribution < 1.29 is 26.8 Å². The number of nitrogens with one attached hydrogen (secondary N) is 1. The Kier molecular flexibility index (Phi) is 4.46. The number of rotatable bonds is 6. The number of oxazole rings is 1. The van der Waals surface area contributed by atoms with Gasteiger partial charge in [-0.25, -0.2) is 17.9 Å². The van der Waals surface area contributed by atoms with Crippen molar-refractivity contribution in [2.24, 2.45) is 7.05 Å². The van der Waals surface area contributed by atoms with E-state index in [2.05, 4.69) is 4.72 Å². The van der Waals surface area contributed by atoms with Gasteiger partial charge in [0.25, 0.3) is 0 Å². The van der Waals surface area contributed by atoms with E-state index < -0.39 is 21.9 Å². The fraction of sp³-hybridized carbons (Fsp3) is 0.167. The second-order valence-corrected chi connectivity index (χ2v) is 7.87. The first-order valence-corrected chi connectivity index (χ1v) is 9.74. The number of aliphatic hydroxyl groups is 1. The summed E-state index contributed by atoms with van der Waals surface area (Å²) in [6.45, 7) is -0.296. The molecule has 2 N–H and O–H groups in total. The molecule has 4 rings (SSSR count). The zero-order chi connectivity index (χ0) is 19.9. The molecule has 1 aromatic carbocycles. The lowest BCUT2D eigenvalue weighted by Gasteiger charge is -2.10. The summed E-state index contributed by atoms with van der Waals surface area (Å²) in [7, 11) is -2.44. The number of aromatic nitrogens is 1. The van der Waals surface area contributed by atoms with Crippen molar-refractivity contribution in [2.75, 3.05) is 6.54 Å². The number of aryl methyl sites for hydroxylation is 1. The topological polar surface area (TPSA) is 128 Å². The van der Waals surface area contributed by atoms with E-state index in [1.807, 2.05) is 0 Å². The van der Waals surface area contributed by atoms with Crippen LogP contribution in [0.15, 0.2) is 71.7 Å². The first-order valence-electron chi connectivity index (χ1n) is 8.26. The van der Waals surface area contributed by atoms with Crippen molar-refractivity contribution in [1.82, 2.24) is 9.29 Å². The van der Waals surface area contributed by atoms with Crippen LogP contribution >= 0.6 is 0 Å². The second-order valence-electron chi connectivity index (χ2n) is 6.10. The van der Waals surface area contributed by atoms with Crippen LogP contribution in [0.5, 0.6) is 0 Å². The van der Waals surface area contributed by atoms with E-state index in [9.17, 15) is 18.3 Å². The minimum Gasteiger partial charge on any atom is -0.461 e. The van der Waals surface area contributed by atoms with Crippen molar-refractivity contribution in [1.29, 1.82) is 0 Å². The molecule has 0 fully saturated rings. The van der Waals surface area contributed by atoms with Crippen LogP contribution in [0.2, 0.25) is 0 Å². The monoisotopic (exact) mass is 404 g/mol. The molecule has 0 saturated carbocycles. The van der Waals surface area contributed by atoms with Gasteiger partial charge in [0.05, 0.1) is 16.7 Å². The third kappa shape index (κ3) is 3.28. The molecule has 4 aromatic rings. The molecule has 0 aliphatic carbocycles. The maximum absolute atomic E-state index is 12.5. The van der Waals surface area contributed by atoms with Crippen LogP contribution in [0.25, 0.3) is 22.6 Å². The molecule has 0 aliphatic heterocycles. The van der Waals surface area contributed by atoms with Gasteiger partial charge in [-0.05, 0) is 42.5 Å². The summed E-state index contributed by atoms with van der Waals surface area (Å²) in [5.74, 6) is 0.534. The molecule has 0 aliphatic rings. The molecule has 3 aromatic heterocycles. The zero-order valence-corrected chi connectivity index (χ0v) is 15.5. The minimum absolute atomic E-state index is 0.0562. The molecule has 0 spiro atoms. The number of furan rings is 2. The van der Waals surface area contributed by atoms with E-state index in [-0.39, 0.29) is 22.8 Å². The highest BCUT2D eigenvalue weighted by molar-refractivity contribution is 7.89. The van der Waals surface area contributed by atoms with Crippen LogP contribution in [0, 0.1) is 0 Å². The smallest absolute Gasteiger partial charge is 0.419 e. The lowest BCUT2D eigenvalue weighted by Crippen LogP contribution is -2.28. The SMILES string of the molecule is Cn1c(=O)oc2ccc(S(=O)(=O)NCC(O)c3ccc(-c4ccco4)o3)cc21. The quantitative estimate of drug-likeness (QED) is 0.503. The highest BCUT2D eigenvalue weighted by Gasteiger charge is 2.21. The van der Waals surface area contributed by atoms with Gasteiger partial charge in [0.15, 0.2) is 17.1 Å². The summed E-state index contributed by atoms with van der Waals surface area (Å²) in [5, 5.41) is 10.2. The van der Waals surface area contributed by atoms with Crippen LogP contribution in [-0.2, 0) is 17.1 Å². The van der Waals surface area contributed by atoms with Gasteiger partial charge in [0, 0.05) is 13.6 Å². The first-order chi connectivity index (χ1) is 13.3. The van der Waals surface area contributed by atoms with Crippen molar-refractivity contribution in [3.8, 4) is 11.5 Å². The third-order valence-corrected chi connectivity index (χ3v) is 5.68. The minimum atomic E-state index is -3.93. The Morgan fingerprint density at radius 3 is 2.71 bits per heavy atom. The van der Waals surface area contributed by atoms with Gasteiger partial charge in [-0.1, -0.05) is 0 Å². The Balaban J connectivity index is 1.50. The molecule has 0 radical (unpaired) electrons. The van der Waals surface area contributed by atoms with E-state index in [1.54, 1.807) is 24.3 Å². The molecular weight excluding hydrogens is 388 g/mol. The van der Waals surface area contributed by atoms with E-state index in [1.165, 1.54) is 36.1 Å². The molecule has 146 valence electrons. The molecular formula is C18H16N2O7S. The van der Waals surface area contributed by atoms with Gasteiger partial charge in [-0.2, -0.15) is 0 Å². The van der Waals surface area contributed by atoms with E-state index in [4.69, 9.17) is 13.3 Å². The van der Waals surface area contributed by atoms with Crippen LogP contribution in [0.1, 0.15) is 11.9 Å². The lowest BCUT2D eigenvalue weighted by atomic mass is 10.3. The molecule has 0 amide bonds. The number of hydrogen-bond donors (Lipinski definition) is 2. The fourth-order valence-corrected chi connectivity index (χ4v) is 3.79. The Morgan fingerprint density at radius 1 is 1.14 bits per heavy atom. The molecule has 3 heterocycles. The fourth-order valence-electron chi connectivity index (χ4n) is 2.73. The molecule has 28 heavy (non-hydrogen) atoms. The summed E-state index contributed by atoms with van der Waals surface area (Å²) < 4.78 is 44.3. The second kappa shape index (κ2) is 6.82. The average Bonchev–Trinajstić information content (AvgIpc) is 3.41. The molecule has 9 nitrogen and oxygen atoms in total. The molecule has 1 unspecified atom stereocenters. The van der Waals surface area contributed by atoms with Gasteiger partial charge in [-0.3, -0.25) is 4.57 Å². The number of benzene rings is 1. The molecule has 0 saturated heterocycles. The average molecular weight is 404 g/mol. The maximum Gasteiger partial charge on any atom is 0.419 e. The van der Waals surface area contributed by atoms with Gasteiger partial charge in [-0.15, -0.1) is 0 Å².